The van der Waals surface area contributed by atoms with Gasteiger partial charge >= 0.3 is 0 Å². The fourth-order valence-electron chi connectivity index (χ4n) is 3.11. The Morgan fingerprint density at radius 3 is 2.53 bits per heavy atom. The highest BCUT2D eigenvalue weighted by atomic mass is 16.5. The van der Waals surface area contributed by atoms with E-state index in [2.05, 4.69) is 10.2 Å². The number of hydrogen-bond donors (Lipinski definition) is 2. The number of hydroxylamine groups is 2. The molecule has 0 aliphatic heterocycles. The van der Waals surface area contributed by atoms with E-state index in [0.717, 1.165) is 55.8 Å². The van der Waals surface area contributed by atoms with Crippen molar-refractivity contribution < 1.29 is 24.3 Å². The van der Waals surface area contributed by atoms with Gasteiger partial charge in [-0.05, 0) is 82.4 Å². The van der Waals surface area contributed by atoms with Crippen LogP contribution in [0.5, 0.6) is 11.5 Å². The average molecular weight is 478 g/mol. The van der Waals surface area contributed by atoms with Gasteiger partial charge < -0.3 is 19.7 Å². The summed E-state index contributed by atoms with van der Waals surface area (Å²) in [6, 6.07) is 5.42. The van der Waals surface area contributed by atoms with Crippen LogP contribution in [-0.4, -0.2) is 74.4 Å². The van der Waals surface area contributed by atoms with Crippen molar-refractivity contribution in [1.82, 2.24) is 15.3 Å². The number of benzene rings is 1. The molecular weight excluding hydrogens is 434 g/mol. The van der Waals surface area contributed by atoms with Crippen LogP contribution >= 0.6 is 0 Å². The normalized spacial score (nSPS) is 11.3. The van der Waals surface area contributed by atoms with Crippen LogP contribution in [0.2, 0.25) is 0 Å². The van der Waals surface area contributed by atoms with E-state index in [1.54, 1.807) is 25.3 Å². The Hall–Kier alpha value is -2.58. The number of rotatable bonds is 17. The summed E-state index contributed by atoms with van der Waals surface area (Å²) in [5.74, 6) is 1.26. The SMILES string of the molecule is COc1cc(C=CC(=O)N(O)CCC(C)C)ccc1OCCCCCC(=O)NCCCN(C)C. The van der Waals surface area contributed by atoms with Crippen LogP contribution < -0.4 is 14.8 Å². The fraction of sp³-hybridized carbons (Fsp3) is 0.615. The van der Waals surface area contributed by atoms with Crippen molar-refractivity contribution in [2.24, 2.45) is 5.92 Å². The Kier molecular flexibility index (Phi) is 14.7. The minimum Gasteiger partial charge on any atom is -0.493 e. The second kappa shape index (κ2) is 16.9. The standard InChI is InChI=1S/C26H43N3O5/c1-21(2)15-18-29(32)26(31)14-12-22-11-13-23(24(20-22)33-5)34-19-8-6-7-10-25(30)27-16-9-17-28(3)4/h11-14,20-21,32H,6-10,15-19H2,1-5H3,(H,27,30). The van der Waals surface area contributed by atoms with Gasteiger partial charge in [-0.15, -0.1) is 0 Å². The zero-order valence-electron chi connectivity index (χ0n) is 21.5. The molecule has 34 heavy (non-hydrogen) atoms. The summed E-state index contributed by atoms with van der Waals surface area (Å²) in [4.78, 5) is 26.0. The molecule has 0 bridgehead atoms. The molecule has 0 spiro atoms. The van der Waals surface area contributed by atoms with E-state index in [1.807, 2.05) is 34.0 Å². The van der Waals surface area contributed by atoms with Crippen molar-refractivity contribution in [3.05, 3.63) is 29.8 Å². The molecule has 0 saturated heterocycles. The monoisotopic (exact) mass is 477 g/mol. The van der Waals surface area contributed by atoms with E-state index < -0.39 is 5.91 Å². The predicted molar refractivity (Wildman–Crippen MR) is 135 cm³/mol. The van der Waals surface area contributed by atoms with Crippen LogP contribution in [0.4, 0.5) is 0 Å². The van der Waals surface area contributed by atoms with E-state index in [9.17, 15) is 14.8 Å². The van der Waals surface area contributed by atoms with Gasteiger partial charge in [0.25, 0.3) is 5.91 Å². The lowest BCUT2D eigenvalue weighted by Crippen LogP contribution is -2.27. The molecule has 0 heterocycles. The van der Waals surface area contributed by atoms with Crippen molar-refractivity contribution >= 4 is 17.9 Å². The van der Waals surface area contributed by atoms with Gasteiger partial charge in [0.1, 0.15) is 0 Å². The molecule has 192 valence electrons. The van der Waals surface area contributed by atoms with Crippen LogP contribution in [0.25, 0.3) is 6.08 Å². The van der Waals surface area contributed by atoms with E-state index >= 15 is 0 Å². The molecule has 0 saturated carbocycles. The zero-order chi connectivity index (χ0) is 25.3. The first-order valence-corrected chi connectivity index (χ1v) is 12.1. The highest BCUT2D eigenvalue weighted by Crippen LogP contribution is 2.28. The third kappa shape index (κ3) is 13.2. The van der Waals surface area contributed by atoms with E-state index in [-0.39, 0.29) is 5.91 Å². The molecular formula is C26H43N3O5. The first-order valence-electron chi connectivity index (χ1n) is 12.1. The molecule has 2 N–H and O–H groups in total. The van der Waals surface area contributed by atoms with Gasteiger partial charge in [0.15, 0.2) is 11.5 Å². The van der Waals surface area contributed by atoms with E-state index in [1.165, 1.54) is 6.08 Å². The topological polar surface area (TPSA) is 91.3 Å². The van der Waals surface area contributed by atoms with Gasteiger partial charge in [-0.3, -0.25) is 14.8 Å². The van der Waals surface area contributed by atoms with Gasteiger partial charge in [0.2, 0.25) is 5.91 Å². The molecule has 0 atom stereocenters. The first kappa shape index (κ1) is 29.5. The molecule has 1 aromatic carbocycles. The highest BCUT2D eigenvalue weighted by molar-refractivity contribution is 5.91. The summed E-state index contributed by atoms with van der Waals surface area (Å²) in [6.45, 7) is 6.60. The van der Waals surface area contributed by atoms with E-state index in [4.69, 9.17) is 9.47 Å². The molecule has 0 aliphatic rings. The zero-order valence-corrected chi connectivity index (χ0v) is 21.5. The van der Waals surface area contributed by atoms with Crippen LogP contribution in [0.3, 0.4) is 0 Å². The van der Waals surface area contributed by atoms with Gasteiger partial charge in [-0.2, -0.15) is 0 Å². The smallest absolute Gasteiger partial charge is 0.269 e. The Morgan fingerprint density at radius 2 is 1.85 bits per heavy atom. The summed E-state index contributed by atoms with van der Waals surface area (Å²) < 4.78 is 11.3. The van der Waals surface area contributed by atoms with Gasteiger partial charge in [-0.1, -0.05) is 19.9 Å². The number of ether oxygens (including phenoxy) is 2. The number of unbranched alkanes of at least 4 members (excludes halogenated alkanes) is 2. The Labute approximate surface area is 204 Å². The van der Waals surface area contributed by atoms with Gasteiger partial charge in [-0.25, -0.2) is 5.06 Å². The average Bonchev–Trinajstić information content (AvgIpc) is 2.80. The maximum absolute atomic E-state index is 12.0. The summed E-state index contributed by atoms with van der Waals surface area (Å²) in [7, 11) is 5.61. The lowest BCUT2D eigenvalue weighted by atomic mass is 10.1. The predicted octanol–water partition coefficient (Wildman–Crippen LogP) is 3.98. The minimum absolute atomic E-state index is 0.104. The van der Waals surface area contributed by atoms with Crippen molar-refractivity contribution in [3.63, 3.8) is 0 Å². The number of carbonyl (C=O) groups is 2. The molecule has 0 unspecified atom stereocenters. The lowest BCUT2D eigenvalue weighted by Gasteiger charge is -2.14. The second-order valence-electron chi connectivity index (χ2n) is 9.05. The maximum atomic E-state index is 12.0. The molecule has 0 aromatic heterocycles. The van der Waals surface area contributed by atoms with Crippen LogP contribution in [0.1, 0.15) is 57.9 Å². The van der Waals surface area contributed by atoms with Crippen LogP contribution in [0, 0.1) is 5.92 Å². The number of carbonyl (C=O) groups excluding carboxylic acids is 2. The van der Waals surface area contributed by atoms with Crippen LogP contribution in [-0.2, 0) is 9.59 Å². The first-order chi connectivity index (χ1) is 16.2. The molecule has 0 radical (unpaired) electrons. The molecule has 1 rings (SSSR count). The lowest BCUT2D eigenvalue weighted by molar-refractivity contribution is -0.159. The molecule has 0 fully saturated rings. The van der Waals surface area contributed by atoms with Crippen molar-refractivity contribution in [3.8, 4) is 11.5 Å². The largest absolute Gasteiger partial charge is 0.493 e. The third-order valence-electron chi connectivity index (χ3n) is 5.19. The summed E-state index contributed by atoms with van der Waals surface area (Å²) in [5.41, 5.74) is 0.770. The Morgan fingerprint density at radius 1 is 1.09 bits per heavy atom. The summed E-state index contributed by atoms with van der Waals surface area (Å²) >= 11 is 0. The number of hydrogen-bond acceptors (Lipinski definition) is 6. The Bertz CT molecular complexity index is 765. The minimum atomic E-state index is -0.456. The molecule has 8 heteroatoms. The number of nitrogens with zero attached hydrogens (tertiary/aromatic N) is 2. The number of amides is 2. The molecule has 1 aromatic rings. The quantitative estimate of drug-likeness (QED) is 0.153. The van der Waals surface area contributed by atoms with Crippen molar-refractivity contribution in [1.29, 1.82) is 0 Å². The maximum Gasteiger partial charge on any atom is 0.269 e. The number of methoxy groups -OCH3 is 1. The number of nitrogens with one attached hydrogen (secondary N) is 1. The Balaban J connectivity index is 2.35. The molecule has 0 aliphatic carbocycles. The van der Waals surface area contributed by atoms with E-state index in [0.29, 0.717) is 37.0 Å². The fourth-order valence-corrected chi connectivity index (χ4v) is 3.11. The molecule has 2 amide bonds. The third-order valence-corrected chi connectivity index (χ3v) is 5.19. The highest BCUT2D eigenvalue weighted by Gasteiger charge is 2.09. The van der Waals surface area contributed by atoms with Crippen molar-refractivity contribution in [2.75, 3.05) is 47.4 Å². The van der Waals surface area contributed by atoms with Gasteiger partial charge in [0, 0.05) is 25.6 Å². The second-order valence-corrected chi connectivity index (χ2v) is 9.05. The summed E-state index contributed by atoms with van der Waals surface area (Å²) in [5, 5.41) is 13.5. The van der Waals surface area contributed by atoms with Crippen molar-refractivity contribution in [2.45, 2.75) is 52.4 Å². The van der Waals surface area contributed by atoms with Crippen LogP contribution in [0.15, 0.2) is 24.3 Å². The van der Waals surface area contributed by atoms with Gasteiger partial charge in [0.05, 0.1) is 13.7 Å². The molecule has 8 nitrogen and oxygen atoms in total. The summed E-state index contributed by atoms with van der Waals surface area (Å²) in [6.07, 6.45) is 7.79.